The summed E-state index contributed by atoms with van der Waals surface area (Å²) in [4.78, 5) is 10.8. The summed E-state index contributed by atoms with van der Waals surface area (Å²) in [5.41, 5.74) is -0.570. The fourth-order valence-electron chi connectivity index (χ4n) is 0.304. The number of carbonyl (C=O) groups is 1. The molecule has 0 aliphatic rings. The Hall–Kier alpha value is -0.0200. The molecule has 0 spiro atoms. The average Bonchev–Trinajstić information content (AvgIpc) is 1.63. The van der Waals surface area contributed by atoms with E-state index in [0.717, 1.165) is 11.8 Å². The summed E-state index contributed by atoms with van der Waals surface area (Å²) in [5.74, 6) is 0.0181. The van der Waals surface area contributed by atoms with E-state index in [4.69, 9.17) is 5.11 Å². The van der Waals surface area contributed by atoms with E-state index in [1.54, 1.807) is 6.92 Å². The third-order valence-electron chi connectivity index (χ3n) is 0.758. The minimum Gasteiger partial charge on any atom is -0.382 e. The maximum absolute atomic E-state index is 10.8. The predicted molar refractivity (Wildman–Crippen MR) is 39.1 cm³/mol. The van der Waals surface area contributed by atoms with Gasteiger partial charge in [0.2, 0.25) is 0 Å². The van der Waals surface area contributed by atoms with Gasteiger partial charge in [0.05, 0.1) is 0 Å². The molecule has 0 fully saturated rings. The fraction of sp³-hybridized carbons (Fsp3) is 0.833. The van der Waals surface area contributed by atoms with Crippen molar-refractivity contribution in [1.29, 1.82) is 0 Å². The molecule has 0 aromatic rings. The first-order chi connectivity index (χ1) is 4.04. The highest BCUT2D eigenvalue weighted by molar-refractivity contribution is 8.14. The predicted octanol–water partition coefficient (Wildman–Crippen LogP) is 1.24. The molecular weight excluding hydrogens is 136 g/mol. The standard InChI is InChI=1S/C6H12O2S/c1-4(2)6(8)9-5(3)7/h4-5,7H,1-3H3. The number of carbonyl (C=O) groups excluding carboxylic acids is 1. The second-order valence-electron chi connectivity index (χ2n) is 2.19. The summed E-state index contributed by atoms with van der Waals surface area (Å²) < 4.78 is 0. The minimum atomic E-state index is -0.570. The van der Waals surface area contributed by atoms with Crippen molar-refractivity contribution in [2.24, 2.45) is 5.92 Å². The monoisotopic (exact) mass is 148 g/mol. The summed E-state index contributed by atoms with van der Waals surface area (Å²) in [6.45, 7) is 5.22. The molecule has 0 aliphatic heterocycles. The molecule has 54 valence electrons. The van der Waals surface area contributed by atoms with Gasteiger partial charge in [-0.15, -0.1) is 0 Å². The van der Waals surface area contributed by atoms with E-state index in [1.165, 1.54) is 0 Å². The first-order valence-electron chi connectivity index (χ1n) is 2.92. The van der Waals surface area contributed by atoms with Gasteiger partial charge in [-0.1, -0.05) is 25.6 Å². The molecule has 0 heterocycles. The normalized spacial score (nSPS) is 13.9. The van der Waals surface area contributed by atoms with Crippen molar-refractivity contribution in [2.75, 3.05) is 0 Å². The van der Waals surface area contributed by atoms with Crippen LogP contribution in [0.15, 0.2) is 0 Å². The first kappa shape index (κ1) is 8.98. The molecule has 0 saturated carbocycles. The van der Waals surface area contributed by atoms with Crippen molar-refractivity contribution >= 4 is 16.9 Å². The van der Waals surface area contributed by atoms with Gasteiger partial charge in [-0.3, -0.25) is 4.79 Å². The number of hydrogen-bond acceptors (Lipinski definition) is 3. The minimum absolute atomic E-state index is 0.0181. The molecule has 0 saturated heterocycles. The van der Waals surface area contributed by atoms with Crippen molar-refractivity contribution in [1.82, 2.24) is 0 Å². The van der Waals surface area contributed by atoms with E-state index in [1.807, 2.05) is 13.8 Å². The van der Waals surface area contributed by atoms with Crippen molar-refractivity contribution in [3.8, 4) is 0 Å². The van der Waals surface area contributed by atoms with Gasteiger partial charge in [0.1, 0.15) is 5.44 Å². The highest BCUT2D eigenvalue weighted by Gasteiger charge is 2.09. The molecule has 1 unspecified atom stereocenters. The summed E-state index contributed by atoms with van der Waals surface area (Å²) in [5, 5.41) is 8.76. The van der Waals surface area contributed by atoms with Gasteiger partial charge >= 0.3 is 0 Å². The summed E-state index contributed by atoms with van der Waals surface area (Å²) in [6, 6.07) is 0. The van der Waals surface area contributed by atoms with Crippen LogP contribution < -0.4 is 0 Å². The molecule has 3 heteroatoms. The van der Waals surface area contributed by atoms with E-state index in [0.29, 0.717) is 0 Å². The Morgan fingerprint density at radius 3 is 2.00 bits per heavy atom. The lowest BCUT2D eigenvalue weighted by molar-refractivity contribution is -0.113. The van der Waals surface area contributed by atoms with Crippen molar-refractivity contribution in [2.45, 2.75) is 26.2 Å². The third-order valence-corrected chi connectivity index (χ3v) is 1.80. The molecular formula is C6H12O2S. The molecule has 0 aromatic carbocycles. The van der Waals surface area contributed by atoms with Crippen LogP contribution in [0.5, 0.6) is 0 Å². The molecule has 1 N–H and O–H groups in total. The van der Waals surface area contributed by atoms with Gasteiger partial charge in [0.15, 0.2) is 5.12 Å². The number of aliphatic hydroxyl groups excluding tert-OH is 1. The lowest BCUT2D eigenvalue weighted by atomic mass is 10.3. The average molecular weight is 148 g/mol. The molecule has 9 heavy (non-hydrogen) atoms. The zero-order chi connectivity index (χ0) is 7.44. The van der Waals surface area contributed by atoms with Crippen LogP contribution in [0.2, 0.25) is 0 Å². The van der Waals surface area contributed by atoms with Crippen LogP contribution in [-0.4, -0.2) is 15.7 Å². The lowest BCUT2D eigenvalue weighted by Gasteiger charge is -2.03. The Morgan fingerprint density at radius 2 is 1.89 bits per heavy atom. The molecule has 1 atom stereocenters. The van der Waals surface area contributed by atoms with E-state index in [9.17, 15) is 4.79 Å². The molecule has 0 amide bonds. The molecule has 0 aliphatic carbocycles. The lowest BCUT2D eigenvalue weighted by Crippen LogP contribution is -2.06. The van der Waals surface area contributed by atoms with Crippen LogP contribution in [0.25, 0.3) is 0 Å². The number of aliphatic hydroxyl groups is 1. The van der Waals surface area contributed by atoms with E-state index in [-0.39, 0.29) is 11.0 Å². The summed E-state index contributed by atoms with van der Waals surface area (Å²) in [6.07, 6.45) is 0. The molecule has 2 nitrogen and oxygen atoms in total. The maximum atomic E-state index is 10.8. The number of hydrogen-bond donors (Lipinski definition) is 1. The highest BCUT2D eigenvalue weighted by atomic mass is 32.2. The van der Waals surface area contributed by atoms with Crippen molar-refractivity contribution in [3.63, 3.8) is 0 Å². The van der Waals surface area contributed by atoms with Crippen molar-refractivity contribution < 1.29 is 9.90 Å². The van der Waals surface area contributed by atoms with Gasteiger partial charge in [0.25, 0.3) is 0 Å². The third kappa shape index (κ3) is 4.48. The van der Waals surface area contributed by atoms with Gasteiger partial charge in [-0.2, -0.15) is 0 Å². The SMILES string of the molecule is CC(O)SC(=O)C(C)C. The Balaban J connectivity index is 3.51. The van der Waals surface area contributed by atoms with Crippen LogP contribution in [0.1, 0.15) is 20.8 Å². The molecule has 0 radical (unpaired) electrons. The van der Waals surface area contributed by atoms with Crippen LogP contribution >= 0.6 is 11.8 Å². The van der Waals surface area contributed by atoms with Crippen LogP contribution in [0.4, 0.5) is 0 Å². The largest absolute Gasteiger partial charge is 0.382 e. The number of thioether (sulfide) groups is 1. The van der Waals surface area contributed by atoms with Gasteiger partial charge in [-0.25, -0.2) is 0 Å². The topological polar surface area (TPSA) is 37.3 Å². The molecule has 0 aromatic heterocycles. The Morgan fingerprint density at radius 1 is 1.44 bits per heavy atom. The second-order valence-corrected chi connectivity index (χ2v) is 3.51. The van der Waals surface area contributed by atoms with Gasteiger partial charge < -0.3 is 5.11 Å². The van der Waals surface area contributed by atoms with Crippen molar-refractivity contribution in [3.05, 3.63) is 0 Å². The quantitative estimate of drug-likeness (QED) is 0.599. The first-order valence-corrected chi connectivity index (χ1v) is 3.80. The van der Waals surface area contributed by atoms with Crippen LogP contribution in [0, 0.1) is 5.92 Å². The zero-order valence-corrected chi connectivity index (χ0v) is 6.73. The van der Waals surface area contributed by atoms with Gasteiger partial charge in [-0.05, 0) is 6.92 Å². The Kier molecular flexibility index (Phi) is 3.89. The van der Waals surface area contributed by atoms with E-state index in [2.05, 4.69) is 0 Å². The summed E-state index contributed by atoms with van der Waals surface area (Å²) >= 11 is 0.979. The number of rotatable bonds is 2. The maximum Gasteiger partial charge on any atom is 0.193 e. The van der Waals surface area contributed by atoms with E-state index >= 15 is 0 Å². The van der Waals surface area contributed by atoms with Gasteiger partial charge in [0, 0.05) is 5.92 Å². The summed E-state index contributed by atoms with van der Waals surface area (Å²) in [7, 11) is 0. The highest BCUT2D eigenvalue weighted by Crippen LogP contribution is 2.13. The Labute approximate surface area is 59.6 Å². The second kappa shape index (κ2) is 3.90. The van der Waals surface area contributed by atoms with Crippen LogP contribution in [0.3, 0.4) is 0 Å². The zero-order valence-electron chi connectivity index (χ0n) is 5.92. The van der Waals surface area contributed by atoms with Crippen LogP contribution in [-0.2, 0) is 4.79 Å². The van der Waals surface area contributed by atoms with E-state index < -0.39 is 5.44 Å². The molecule has 0 bridgehead atoms. The Bertz CT molecular complexity index is 99.2. The molecule has 0 rings (SSSR count). The smallest absolute Gasteiger partial charge is 0.193 e. The fourth-order valence-corrected chi connectivity index (χ4v) is 0.913.